The molecule has 0 N–H and O–H groups in total. The largest absolute Gasteiger partial charge is 0.481 e. The fraction of sp³-hybridized carbons (Fsp3) is 0.316. The van der Waals surface area contributed by atoms with Crippen LogP contribution in [0, 0.1) is 11.6 Å². The van der Waals surface area contributed by atoms with Gasteiger partial charge in [-0.1, -0.05) is 12.1 Å². The molecule has 2 aromatic rings. The molecule has 0 aromatic heterocycles. The second-order valence-corrected chi connectivity index (χ2v) is 8.53. The van der Waals surface area contributed by atoms with E-state index in [9.17, 15) is 22.0 Å². The number of halogens is 2. The van der Waals surface area contributed by atoms with E-state index >= 15 is 0 Å². The van der Waals surface area contributed by atoms with Crippen LogP contribution in [0.15, 0.2) is 53.4 Å². The average molecular weight is 395 g/mol. The molecule has 27 heavy (non-hydrogen) atoms. The van der Waals surface area contributed by atoms with E-state index in [1.807, 2.05) is 0 Å². The minimum absolute atomic E-state index is 0.000349. The molecule has 0 spiro atoms. The summed E-state index contributed by atoms with van der Waals surface area (Å²) in [6.45, 7) is 0.228. The van der Waals surface area contributed by atoms with E-state index in [1.165, 1.54) is 35.2 Å². The zero-order chi connectivity index (χ0) is 19.4. The van der Waals surface area contributed by atoms with E-state index in [1.54, 1.807) is 6.07 Å². The van der Waals surface area contributed by atoms with E-state index in [0.29, 0.717) is 0 Å². The number of rotatable bonds is 5. The number of hydrogen-bond donors (Lipinski definition) is 0. The lowest BCUT2D eigenvalue weighted by atomic mass is 10.1. The molecule has 1 fully saturated rings. The van der Waals surface area contributed by atoms with Gasteiger partial charge in [-0.3, -0.25) is 4.79 Å². The number of para-hydroxylation sites is 1. The van der Waals surface area contributed by atoms with Gasteiger partial charge < -0.3 is 9.64 Å². The Morgan fingerprint density at radius 2 is 1.67 bits per heavy atom. The van der Waals surface area contributed by atoms with E-state index < -0.39 is 26.7 Å². The topological polar surface area (TPSA) is 63.7 Å². The molecule has 0 aliphatic carbocycles. The number of nitrogens with zero attached hydrogens (tertiary/aromatic N) is 1. The van der Waals surface area contributed by atoms with Crippen LogP contribution in [-0.2, 0) is 14.6 Å². The Hall–Kier alpha value is -2.48. The van der Waals surface area contributed by atoms with E-state index in [4.69, 9.17) is 4.74 Å². The van der Waals surface area contributed by atoms with Crippen LogP contribution in [0.3, 0.4) is 0 Å². The summed E-state index contributed by atoms with van der Waals surface area (Å²) >= 11 is 0. The van der Waals surface area contributed by atoms with Crippen molar-refractivity contribution in [1.29, 1.82) is 0 Å². The van der Waals surface area contributed by atoms with Crippen LogP contribution in [0.5, 0.6) is 5.75 Å². The highest BCUT2D eigenvalue weighted by atomic mass is 32.2. The Morgan fingerprint density at radius 3 is 2.30 bits per heavy atom. The maximum atomic E-state index is 13.5. The maximum absolute atomic E-state index is 13.5. The van der Waals surface area contributed by atoms with Crippen LogP contribution in [0.1, 0.15) is 12.8 Å². The number of ether oxygens (including phenoxy) is 1. The molecule has 0 radical (unpaired) electrons. The van der Waals surface area contributed by atoms with E-state index in [2.05, 4.69) is 0 Å². The second kappa shape index (κ2) is 8.04. The Morgan fingerprint density at radius 1 is 1.04 bits per heavy atom. The smallest absolute Gasteiger partial charge is 0.260 e. The van der Waals surface area contributed by atoms with Gasteiger partial charge in [-0.2, -0.15) is 0 Å². The summed E-state index contributed by atoms with van der Waals surface area (Å²) in [7, 11) is -3.57. The minimum atomic E-state index is -3.57. The number of amides is 1. The first-order chi connectivity index (χ1) is 12.9. The first-order valence-electron chi connectivity index (χ1n) is 8.52. The maximum Gasteiger partial charge on any atom is 0.260 e. The minimum Gasteiger partial charge on any atom is -0.481 e. The van der Waals surface area contributed by atoms with Crippen LogP contribution in [-0.4, -0.2) is 44.2 Å². The van der Waals surface area contributed by atoms with Gasteiger partial charge in [-0.15, -0.1) is 0 Å². The summed E-state index contributed by atoms with van der Waals surface area (Å²) < 4.78 is 57.0. The lowest BCUT2D eigenvalue weighted by molar-refractivity contribution is -0.134. The third-order valence-corrected chi connectivity index (χ3v) is 6.84. The molecule has 144 valence electrons. The summed E-state index contributed by atoms with van der Waals surface area (Å²) in [6, 6.07) is 10.5. The van der Waals surface area contributed by atoms with Crippen LogP contribution < -0.4 is 4.74 Å². The van der Waals surface area contributed by atoms with Crippen LogP contribution in [0.2, 0.25) is 0 Å². The van der Waals surface area contributed by atoms with Gasteiger partial charge in [0.1, 0.15) is 5.82 Å². The SMILES string of the molecule is O=C(COc1ccccc1F)N1CCC(S(=O)(=O)c2ccc(F)cc2)CC1. The summed E-state index contributed by atoms with van der Waals surface area (Å²) in [5.74, 6) is -1.37. The molecule has 1 aliphatic heterocycles. The Labute approximate surface area is 156 Å². The van der Waals surface area contributed by atoms with Gasteiger partial charge in [0, 0.05) is 13.1 Å². The predicted octanol–water partition coefficient (Wildman–Crippen LogP) is 2.81. The third-order valence-electron chi connectivity index (χ3n) is 4.56. The molecule has 1 aliphatic rings. The molecular formula is C19H19F2NO4S. The van der Waals surface area contributed by atoms with Crippen LogP contribution in [0.4, 0.5) is 8.78 Å². The number of piperidine rings is 1. The molecular weight excluding hydrogens is 376 g/mol. The second-order valence-electron chi connectivity index (χ2n) is 6.30. The molecule has 8 heteroatoms. The van der Waals surface area contributed by atoms with Crippen molar-refractivity contribution in [3.05, 3.63) is 60.2 Å². The number of likely N-dealkylation sites (tertiary alicyclic amines) is 1. The molecule has 1 saturated heterocycles. The van der Waals surface area contributed by atoms with Gasteiger partial charge >= 0.3 is 0 Å². The number of carbonyl (C=O) groups is 1. The lowest BCUT2D eigenvalue weighted by Gasteiger charge is -2.31. The molecule has 1 amide bonds. The van der Waals surface area contributed by atoms with Gasteiger partial charge in [0.05, 0.1) is 10.1 Å². The predicted molar refractivity (Wildman–Crippen MR) is 95.1 cm³/mol. The van der Waals surface area contributed by atoms with Crippen molar-refractivity contribution in [2.24, 2.45) is 0 Å². The molecule has 1 heterocycles. The van der Waals surface area contributed by atoms with Crippen molar-refractivity contribution in [3.63, 3.8) is 0 Å². The van der Waals surface area contributed by atoms with Gasteiger partial charge in [0.2, 0.25) is 0 Å². The highest BCUT2D eigenvalue weighted by Crippen LogP contribution is 2.25. The highest BCUT2D eigenvalue weighted by molar-refractivity contribution is 7.92. The highest BCUT2D eigenvalue weighted by Gasteiger charge is 2.32. The quantitative estimate of drug-likeness (QED) is 0.731. The summed E-state index contributed by atoms with van der Waals surface area (Å²) in [4.78, 5) is 13.8. The van der Waals surface area contributed by atoms with Gasteiger partial charge in [0.15, 0.2) is 28.0 Å². The van der Waals surface area contributed by atoms with E-state index in [-0.39, 0.29) is 49.1 Å². The van der Waals surface area contributed by atoms with Crippen molar-refractivity contribution >= 4 is 15.7 Å². The fourth-order valence-electron chi connectivity index (χ4n) is 3.02. The van der Waals surface area contributed by atoms with Crippen LogP contribution >= 0.6 is 0 Å². The number of sulfone groups is 1. The summed E-state index contributed by atoms with van der Waals surface area (Å²) in [5.41, 5.74) is 0. The van der Waals surface area contributed by atoms with Gasteiger partial charge in [0.25, 0.3) is 5.91 Å². The van der Waals surface area contributed by atoms with Crippen molar-refractivity contribution < 1.29 is 26.7 Å². The Kier molecular flexibility index (Phi) is 5.74. The molecule has 3 rings (SSSR count). The van der Waals surface area contributed by atoms with Crippen molar-refractivity contribution in [2.75, 3.05) is 19.7 Å². The van der Waals surface area contributed by atoms with Crippen molar-refractivity contribution in [1.82, 2.24) is 4.90 Å². The molecule has 0 bridgehead atoms. The monoisotopic (exact) mass is 395 g/mol. The van der Waals surface area contributed by atoms with Gasteiger partial charge in [-0.25, -0.2) is 17.2 Å². The summed E-state index contributed by atoms with van der Waals surface area (Å²) in [6.07, 6.45) is 0.566. The third kappa shape index (κ3) is 4.44. The molecule has 2 aromatic carbocycles. The van der Waals surface area contributed by atoms with Crippen molar-refractivity contribution in [3.8, 4) is 5.75 Å². The zero-order valence-corrected chi connectivity index (χ0v) is 15.3. The molecule has 0 unspecified atom stereocenters. The average Bonchev–Trinajstić information content (AvgIpc) is 2.67. The Balaban J connectivity index is 1.56. The number of hydrogen-bond acceptors (Lipinski definition) is 4. The number of benzene rings is 2. The molecule has 0 saturated carbocycles. The van der Waals surface area contributed by atoms with Gasteiger partial charge in [-0.05, 0) is 49.2 Å². The van der Waals surface area contributed by atoms with Crippen molar-refractivity contribution in [2.45, 2.75) is 23.0 Å². The normalized spacial score (nSPS) is 15.6. The number of carbonyl (C=O) groups excluding carboxylic acids is 1. The Bertz CT molecular complexity index is 908. The van der Waals surface area contributed by atoms with Crippen LogP contribution in [0.25, 0.3) is 0 Å². The summed E-state index contributed by atoms with van der Waals surface area (Å²) in [5, 5.41) is -0.625. The fourth-order valence-corrected chi connectivity index (χ4v) is 4.76. The first-order valence-corrected chi connectivity index (χ1v) is 10.1. The molecule has 5 nitrogen and oxygen atoms in total. The van der Waals surface area contributed by atoms with E-state index in [0.717, 1.165) is 12.1 Å². The lowest BCUT2D eigenvalue weighted by Crippen LogP contribution is -2.44. The molecule has 0 atom stereocenters. The zero-order valence-electron chi connectivity index (χ0n) is 14.5. The standard InChI is InChI=1S/C19H19F2NO4S/c20-14-5-7-15(8-6-14)27(24,25)16-9-11-22(12-10-16)19(23)13-26-18-4-2-1-3-17(18)21/h1-8,16H,9-13H2. The first kappa shape index (κ1) is 19.3.